The fraction of sp³-hybridized carbons (Fsp3) is 0.667. The second-order valence-electron chi connectivity index (χ2n) is 7.88. The molecule has 2 unspecified atom stereocenters. The summed E-state index contributed by atoms with van der Waals surface area (Å²) in [6.45, 7) is 13.3. The van der Waals surface area contributed by atoms with Crippen molar-refractivity contribution in [2.75, 3.05) is 92.5 Å². The van der Waals surface area contributed by atoms with E-state index in [0.29, 0.717) is 52.5 Å². The van der Waals surface area contributed by atoms with E-state index in [0.717, 1.165) is 18.2 Å². The number of hydrogen-bond acceptors (Lipinski definition) is 13. The largest absolute Gasteiger partial charge is 0.462 e. The first-order chi connectivity index (χ1) is 19.4. The van der Waals surface area contributed by atoms with Crippen molar-refractivity contribution in [2.45, 2.75) is 25.0 Å². The summed E-state index contributed by atoms with van der Waals surface area (Å²) in [7, 11) is 0. The van der Waals surface area contributed by atoms with E-state index in [1.54, 1.807) is 0 Å². The summed E-state index contributed by atoms with van der Waals surface area (Å²) < 4.78 is 47.7. The monoisotopic (exact) mass is 576 g/mol. The lowest BCUT2D eigenvalue weighted by Crippen LogP contribution is -2.29. The molecule has 0 saturated carbocycles. The Balaban J connectivity index is 4.10. The zero-order chi connectivity index (χ0) is 29.7. The first-order valence-electron chi connectivity index (χ1n) is 13.0. The Hall–Kier alpha value is -2.65. The molecule has 0 fully saturated rings. The molecule has 0 radical (unpaired) electrons. The molecular formula is C27H44O13. The summed E-state index contributed by atoms with van der Waals surface area (Å²) in [5, 5.41) is 9.71. The van der Waals surface area contributed by atoms with Gasteiger partial charge in [-0.05, 0) is 0 Å². The van der Waals surface area contributed by atoms with Crippen LogP contribution in [-0.2, 0) is 57.0 Å². The summed E-state index contributed by atoms with van der Waals surface area (Å²) in [6, 6.07) is 0. The molecule has 230 valence electrons. The van der Waals surface area contributed by atoms with Gasteiger partial charge in [0, 0.05) is 44.3 Å². The molecule has 2 atom stereocenters. The highest BCUT2D eigenvalue weighted by molar-refractivity contribution is 5.81. The minimum absolute atomic E-state index is 0.0162. The number of hydrogen-bond donors (Lipinski definition) is 1. The third kappa shape index (κ3) is 25.6. The van der Waals surface area contributed by atoms with Crippen molar-refractivity contribution in [3.05, 3.63) is 38.0 Å². The van der Waals surface area contributed by atoms with Gasteiger partial charge in [-0.1, -0.05) is 19.7 Å². The highest BCUT2D eigenvalue weighted by Crippen LogP contribution is 1.98. The molecule has 0 rings (SSSR count). The van der Waals surface area contributed by atoms with E-state index in [2.05, 4.69) is 19.7 Å². The lowest BCUT2D eigenvalue weighted by Gasteiger charge is -2.19. The van der Waals surface area contributed by atoms with Crippen LogP contribution in [0.4, 0.5) is 0 Å². The number of esters is 3. The van der Waals surface area contributed by atoms with Crippen LogP contribution in [0.1, 0.15) is 12.8 Å². The molecule has 0 aromatic carbocycles. The summed E-state index contributed by atoms with van der Waals surface area (Å²) in [5.74, 6) is -1.55. The van der Waals surface area contributed by atoms with E-state index < -0.39 is 24.0 Å². The number of aliphatic hydroxyl groups excluding tert-OH is 1. The van der Waals surface area contributed by atoms with Gasteiger partial charge in [-0.2, -0.15) is 0 Å². The van der Waals surface area contributed by atoms with Gasteiger partial charge in [0.15, 0.2) is 0 Å². The Labute approximate surface area is 235 Å². The summed E-state index contributed by atoms with van der Waals surface area (Å²) >= 11 is 0. The second-order valence-corrected chi connectivity index (χ2v) is 7.88. The van der Waals surface area contributed by atoms with E-state index in [1.165, 1.54) is 0 Å². The molecule has 0 aromatic heterocycles. The molecule has 40 heavy (non-hydrogen) atoms. The Morgan fingerprint density at radius 1 is 0.525 bits per heavy atom. The highest BCUT2D eigenvalue weighted by atomic mass is 16.6. The number of rotatable bonds is 29. The van der Waals surface area contributed by atoms with Gasteiger partial charge in [-0.3, -0.25) is 0 Å². The van der Waals surface area contributed by atoms with Crippen LogP contribution in [0.25, 0.3) is 0 Å². The van der Waals surface area contributed by atoms with E-state index in [4.69, 9.17) is 42.6 Å². The lowest BCUT2D eigenvalue weighted by atomic mass is 10.4. The zero-order valence-corrected chi connectivity index (χ0v) is 23.2. The third-order valence-corrected chi connectivity index (χ3v) is 4.52. The Bertz CT molecular complexity index is 698. The molecule has 0 amide bonds. The average Bonchev–Trinajstić information content (AvgIpc) is 2.96. The van der Waals surface area contributed by atoms with Gasteiger partial charge in [0.05, 0.1) is 72.7 Å². The number of carbonyl (C=O) groups excluding carboxylic acids is 3. The maximum Gasteiger partial charge on any atom is 0.330 e. The van der Waals surface area contributed by atoms with Crippen LogP contribution in [-0.4, -0.2) is 128 Å². The lowest BCUT2D eigenvalue weighted by molar-refractivity contribution is -0.142. The Morgan fingerprint density at radius 3 is 1.45 bits per heavy atom. The summed E-state index contributed by atoms with van der Waals surface area (Å²) in [6.07, 6.45) is 3.02. The fourth-order valence-corrected chi connectivity index (χ4v) is 2.58. The maximum absolute atomic E-state index is 11.0. The summed E-state index contributed by atoms with van der Waals surface area (Å²) in [5.41, 5.74) is 0. The van der Waals surface area contributed by atoms with Crippen LogP contribution in [0.2, 0.25) is 0 Å². The normalized spacial score (nSPS) is 12.2. The van der Waals surface area contributed by atoms with Gasteiger partial charge in [-0.15, -0.1) is 0 Å². The van der Waals surface area contributed by atoms with Gasteiger partial charge >= 0.3 is 17.9 Å². The molecule has 0 heterocycles. The highest BCUT2D eigenvalue weighted by Gasteiger charge is 2.11. The topological polar surface area (TPSA) is 155 Å². The first kappa shape index (κ1) is 37.4. The smallest absolute Gasteiger partial charge is 0.330 e. The summed E-state index contributed by atoms with van der Waals surface area (Å²) in [4.78, 5) is 32.9. The van der Waals surface area contributed by atoms with E-state index in [1.807, 2.05) is 0 Å². The molecule has 1 N–H and O–H groups in total. The minimum Gasteiger partial charge on any atom is -0.462 e. The third-order valence-electron chi connectivity index (χ3n) is 4.52. The molecular weight excluding hydrogens is 532 g/mol. The van der Waals surface area contributed by atoms with Crippen LogP contribution in [0, 0.1) is 0 Å². The van der Waals surface area contributed by atoms with Crippen molar-refractivity contribution < 1.29 is 62.1 Å². The van der Waals surface area contributed by atoms with Crippen LogP contribution < -0.4 is 0 Å². The first-order valence-corrected chi connectivity index (χ1v) is 13.0. The van der Waals surface area contributed by atoms with Crippen molar-refractivity contribution in [2.24, 2.45) is 0 Å². The molecule has 13 nitrogen and oxygen atoms in total. The van der Waals surface area contributed by atoms with Gasteiger partial charge in [0.1, 0.15) is 18.8 Å². The quantitative estimate of drug-likeness (QED) is 0.0578. The predicted molar refractivity (Wildman–Crippen MR) is 143 cm³/mol. The van der Waals surface area contributed by atoms with Gasteiger partial charge in [0.2, 0.25) is 0 Å². The number of aliphatic hydroxyl groups is 1. The number of ether oxygens (including phenoxy) is 9. The standard InChI is InChI=1S/C27H44O13/c1-4-25(29)38-11-7-9-32-13-14-35-21-24(37-18-17-33-10-8-12-39-26(30)5-2)22-36-16-15-34-19-23(28)20-40-27(31)6-3/h4-6,23-24,28H,1-3,7-22H2. The molecule has 0 saturated heterocycles. The minimum atomic E-state index is -0.952. The van der Waals surface area contributed by atoms with Crippen molar-refractivity contribution in [1.82, 2.24) is 0 Å². The van der Waals surface area contributed by atoms with Crippen LogP contribution in [0.5, 0.6) is 0 Å². The molecule has 0 spiro atoms. The van der Waals surface area contributed by atoms with Crippen molar-refractivity contribution in [3.8, 4) is 0 Å². The molecule has 0 aliphatic rings. The fourth-order valence-electron chi connectivity index (χ4n) is 2.58. The SMILES string of the molecule is C=CC(=O)OCCCOCCOCC(COCCOCC(O)COC(=O)C=C)OCCOCCCOC(=O)C=C. The zero-order valence-electron chi connectivity index (χ0n) is 23.2. The van der Waals surface area contributed by atoms with Gasteiger partial charge in [-0.25, -0.2) is 14.4 Å². The van der Waals surface area contributed by atoms with E-state index >= 15 is 0 Å². The van der Waals surface area contributed by atoms with Crippen molar-refractivity contribution in [3.63, 3.8) is 0 Å². The molecule has 0 aliphatic heterocycles. The number of carbonyl (C=O) groups is 3. The van der Waals surface area contributed by atoms with Crippen molar-refractivity contribution in [1.29, 1.82) is 0 Å². The van der Waals surface area contributed by atoms with Crippen LogP contribution >= 0.6 is 0 Å². The van der Waals surface area contributed by atoms with Gasteiger partial charge in [0.25, 0.3) is 0 Å². The van der Waals surface area contributed by atoms with Crippen LogP contribution in [0.3, 0.4) is 0 Å². The molecule has 0 aliphatic carbocycles. The van der Waals surface area contributed by atoms with E-state index in [-0.39, 0.29) is 59.0 Å². The van der Waals surface area contributed by atoms with Crippen LogP contribution in [0.15, 0.2) is 38.0 Å². The predicted octanol–water partition coefficient (Wildman–Crippen LogP) is 0.783. The van der Waals surface area contributed by atoms with Crippen molar-refractivity contribution >= 4 is 17.9 Å². The molecule has 0 aromatic rings. The Morgan fingerprint density at radius 2 is 0.950 bits per heavy atom. The van der Waals surface area contributed by atoms with E-state index in [9.17, 15) is 19.5 Å². The molecule has 13 heteroatoms. The second kappa shape index (κ2) is 27.9. The average molecular weight is 577 g/mol. The van der Waals surface area contributed by atoms with Gasteiger partial charge < -0.3 is 47.7 Å². The Kier molecular flexibility index (Phi) is 26.1. The molecule has 0 bridgehead atoms. The maximum atomic E-state index is 11.0.